The number of aliphatic carboxylic acids is 1. The van der Waals surface area contributed by atoms with Gasteiger partial charge in [-0.25, -0.2) is 0 Å². The van der Waals surface area contributed by atoms with Gasteiger partial charge in [0.1, 0.15) is 18.6 Å². The maximum absolute atomic E-state index is 11.1. The normalized spacial score (nSPS) is 10.5. The van der Waals surface area contributed by atoms with Crippen LogP contribution < -0.4 is 9.47 Å². The SMILES string of the molecule is CON=CC(CCC(=O)O)=C(c1ccc(OC)cc1)c1ccc(OC)cc1. The standard InChI is InChI=1S/C21H23NO5/c1-25-18-9-4-15(5-10-18)21(16-6-11-19(26-2)12-7-16)17(14-22-27-3)8-13-20(23)24/h4-7,9-12,14H,8,13H2,1-3H3,(H,23,24). The average Bonchev–Trinajstić information content (AvgIpc) is 2.70. The van der Waals surface area contributed by atoms with Crippen LogP contribution in [0.25, 0.3) is 5.57 Å². The summed E-state index contributed by atoms with van der Waals surface area (Å²) in [4.78, 5) is 15.9. The van der Waals surface area contributed by atoms with E-state index in [4.69, 9.17) is 19.4 Å². The Hall–Kier alpha value is -3.28. The number of nitrogens with zero attached hydrogens (tertiary/aromatic N) is 1. The zero-order chi connectivity index (χ0) is 19.6. The number of carboxylic acids is 1. The lowest BCUT2D eigenvalue weighted by Crippen LogP contribution is -2.01. The summed E-state index contributed by atoms with van der Waals surface area (Å²) in [5.41, 5.74) is 3.48. The van der Waals surface area contributed by atoms with Crippen molar-refractivity contribution < 1.29 is 24.2 Å². The first kappa shape index (κ1) is 20.0. The predicted molar refractivity (Wildman–Crippen MR) is 104 cm³/mol. The van der Waals surface area contributed by atoms with Gasteiger partial charge in [0.15, 0.2) is 0 Å². The molecule has 142 valence electrons. The number of rotatable bonds is 9. The third kappa shape index (κ3) is 5.60. The third-order valence-corrected chi connectivity index (χ3v) is 4.00. The van der Waals surface area contributed by atoms with Gasteiger partial charge < -0.3 is 19.4 Å². The highest BCUT2D eigenvalue weighted by molar-refractivity contribution is 5.97. The average molecular weight is 369 g/mol. The summed E-state index contributed by atoms with van der Waals surface area (Å²) in [6.07, 6.45) is 1.86. The van der Waals surface area contributed by atoms with Crippen LogP contribution in [0, 0.1) is 0 Å². The Bertz CT molecular complexity index is 758. The minimum Gasteiger partial charge on any atom is -0.497 e. The van der Waals surface area contributed by atoms with Gasteiger partial charge in [0.2, 0.25) is 0 Å². The fourth-order valence-corrected chi connectivity index (χ4v) is 2.66. The van der Waals surface area contributed by atoms with Crippen LogP contribution in [0.3, 0.4) is 0 Å². The van der Waals surface area contributed by atoms with E-state index in [-0.39, 0.29) is 6.42 Å². The number of carbonyl (C=O) groups is 1. The molecule has 6 nitrogen and oxygen atoms in total. The Balaban J connectivity index is 2.61. The van der Waals surface area contributed by atoms with E-state index >= 15 is 0 Å². The molecule has 0 amide bonds. The second-order valence-electron chi connectivity index (χ2n) is 5.67. The van der Waals surface area contributed by atoms with Crippen LogP contribution in [0.4, 0.5) is 0 Å². The van der Waals surface area contributed by atoms with Gasteiger partial charge in [0, 0.05) is 6.42 Å². The second-order valence-corrected chi connectivity index (χ2v) is 5.67. The van der Waals surface area contributed by atoms with Crippen LogP contribution in [0.15, 0.2) is 59.3 Å². The van der Waals surface area contributed by atoms with E-state index in [0.717, 1.165) is 33.8 Å². The Kier molecular flexibility index (Phi) is 7.43. The summed E-state index contributed by atoms with van der Waals surface area (Å²) in [5, 5.41) is 13.0. The first-order valence-corrected chi connectivity index (χ1v) is 8.39. The van der Waals surface area contributed by atoms with Crippen molar-refractivity contribution in [2.24, 2.45) is 5.16 Å². The van der Waals surface area contributed by atoms with Crippen LogP contribution in [0.2, 0.25) is 0 Å². The monoisotopic (exact) mass is 369 g/mol. The van der Waals surface area contributed by atoms with Gasteiger partial charge >= 0.3 is 5.97 Å². The van der Waals surface area contributed by atoms with Crippen LogP contribution in [0.5, 0.6) is 11.5 Å². The third-order valence-electron chi connectivity index (χ3n) is 4.00. The number of hydrogen-bond acceptors (Lipinski definition) is 5. The minimum absolute atomic E-state index is 0.0130. The van der Waals surface area contributed by atoms with Gasteiger partial charge in [-0.2, -0.15) is 0 Å². The van der Waals surface area contributed by atoms with Crippen molar-refractivity contribution in [2.45, 2.75) is 12.8 Å². The van der Waals surface area contributed by atoms with Crippen molar-refractivity contribution in [1.82, 2.24) is 0 Å². The molecule has 0 bridgehead atoms. The molecular weight excluding hydrogens is 346 g/mol. The van der Waals surface area contributed by atoms with E-state index in [1.165, 1.54) is 7.11 Å². The van der Waals surface area contributed by atoms with Crippen LogP contribution in [-0.4, -0.2) is 38.6 Å². The van der Waals surface area contributed by atoms with Crippen molar-refractivity contribution in [3.05, 3.63) is 65.2 Å². The molecule has 2 rings (SSSR count). The molecule has 0 aliphatic carbocycles. The molecule has 0 heterocycles. The molecule has 0 spiro atoms. The highest BCUT2D eigenvalue weighted by atomic mass is 16.6. The Morgan fingerprint density at radius 2 is 1.37 bits per heavy atom. The minimum atomic E-state index is -0.873. The Morgan fingerprint density at radius 3 is 1.74 bits per heavy atom. The molecular formula is C21H23NO5. The smallest absolute Gasteiger partial charge is 0.303 e. The molecule has 0 radical (unpaired) electrons. The molecule has 0 unspecified atom stereocenters. The molecule has 0 aliphatic heterocycles. The number of ether oxygens (including phenoxy) is 2. The molecule has 0 aromatic heterocycles. The summed E-state index contributed by atoms with van der Waals surface area (Å²) in [6.45, 7) is 0. The number of hydrogen-bond donors (Lipinski definition) is 1. The van der Waals surface area contributed by atoms with Crippen molar-refractivity contribution in [2.75, 3.05) is 21.3 Å². The number of allylic oxidation sites excluding steroid dienone is 1. The topological polar surface area (TPSA) is 77.4 Å². The molecule has 6 heteroatoms. The van der Waals surface area contributed by atoms with Crippen LogP contribution >= 0.6 is 0 Å². The zero-order valence-corrected chi connectivity index (χ0v) is 15.6. The maximum atomic E-state index is 11.1. The predicted octanol–water partition coefficient (Wildman–Crippen LogP) is 4.00. The van der Waals surface area contributed by atoms with Gasteiger partial charge in [0.25, 0.3) is 0 Å². The van der Waals surface area contributed by atoms with Crippen molar-refractivity contribution >= 4 is 17.8 Å². The quantitative estimate of drug-likeness (QED) is 0.534. The van der Waals surface area contributed by atoms with Gasteiger partial charge in [-0.1, -0.05) is 29.4 Å². The fourth-order valence-electron chi connectivity index (χ4n) is 2.66. The van der Waals surface area contributed by atoms with E-state index in [9.17, 15) is 4.79 Å². The molecule has 2 aromatic carbocycles. The van der Waals surface area contributed by atoms with Gasteiger partial charge in [0.05, 0.1) is 20.4 Å². The highest BCUT2D eigenvalue weighted by Gasteiger charge is 2.13. The summed E-state index contributed by atoms with van der Waals surface area (Å²) >= 11 is 0. The molecule has 0 saturated heterocycles. The lowest BCUT2D eigenvalue weighted by atomic mass is 9.91. The number of methoxy groups -OCH3 is 2. The number of carboxylic acid groups (broad SMARTS) is 1. The molecule has 0 fully saturated rings. The molecule has 0 aliphatic rings. The lowest BCUT2D eigenvalue weighted by Gasteiger charge is -2.14. The van der Waals surface area contributed by atoms with E-state index < -0.39 is 5.97 Å². The van der Waals surface area contributed by atoms with E-state index in [1.54, 1.807) is 20.4 Å². The molecule has 0 saturated carbocycles. The van der Waals surface area contributed by atoms with E-state index in [2.05, 4.69) is 5.16 Å². The largest absolute Gasteiger partial charge is 0.497 e. The summed E-state index contributed by atoms with van der Waals surface area (Å²) in [6, 6.07) is 15.2. The van der Waals surface area contributed by atoms with Crippen molar-refractivity contribution in [1.29, 1.82) is 0 Å². The van der Waals surface area contributed by atoms with Crippen LogP contribution in [-0.2, 0) is 9.63 Å². The van der Waals surface area contributed by atoms with Crippen molar-refractivity contribution in [3.8, 4) is 11.5 Å². The second kappa shape index (κ2) is 10.0. The molecule has 27 heavy (non-hydrogen) atoms. The van der Waals surface area contributed by atoms with E-state index in [0.29, 0.717) is 6.42 Å². The van der Waals surface area contributed by atoms with E-state index in [1.807, 2.05) is 48.5 Å². The first-order valence-electron chi connectivity index (χ1n) is 8.39. The van der Waals surface area contributed by atoms with Crippen LogP contribution in [0.1, 0.15) is 24.0 Å². The molecule has 2 aromatic rings. The van der Waals surface area contributed by atoms with Gasteiger partial charge in [-0.3, -0.25) is 4.79 Å². The number of oxime groups is 1. The Labute approximate surface area is 158 Å². The maximum Gasteiger partial charge on any atom is 0.303 e. The first-order chi connectivity index (χ1) is 13.1. The fraction of sp³-hybridized carbons (Fsp3) is 0.238. The number of benzene rings is 2. The van der Waals surface area contributed by atoms with Gasteiger partial charge in [-0.15, -0.1) is 0 Å². The lowest BCUT2D eigenvalue weighted by molar-refractivity contribution is -0.136. The van der Waals surface area contributed by atoms with Crippen molar-refractivity contribution in [3.63, 3.8) is 0 Å². The molecule has 1 N–H and O–H groups in total. The van der Waals surface area contributed by atoms with Gasteiger partial charge in [-0.05, 0) is 53.0 Å². The molecule has 0 atom stereocenters. The highest BCUT2D eigenvalue weighted by Crippen LogP contribution is 2.31. The summed E-state index contributed by atoms with van der Waals surface area (Å²) in [7, 11) is 4.67. The summed E-state index contributed by atoms with van der Waals surface area (Å²) in [5.74, 6) is 0.609. The Morgan fingerprint density at radius 1 is 0.889 bits per heavy atom. The summed E-state index contributed by atoms with van der Waals surface area (Å²) < 4.78 is 10.5. The zero-order valence-electron chi connectivity index (χ0n) is 15.6.